The summed E-state index contributed by atoms with van der Waals surface area (Å²) in [6, 6.07) is 0. The van der Waals surface area contributed by atoms with Crippen LogP contribution in [0.1, 0.15) is 58.3 Å². The van der Waals surface area contributed by atoms with E-state index in [-0.39, 0.29) is 0 Å². The fourth-order valence-corrected chi connectivity index (χ4v) is 2.43. The lowest BCUT2D eigenvalue weighted by Gasteiger charge is -2.06. The summed E-state index contributed by atoms with van der Waals surface area (Å²) in [5.41, 5.74) is 0. The average Bonchev–Trinajstić information content (AvgIpc) is 2.15. The maximum absolute atomic E-state index is 3.60. The van der Waals surface area contributed by atoms with Crippen molar-refractivity contribution < 1.29 is 0 Å². The van der Waals surface area contributed by atoms with Crippen molar-refractivity contribution >= 4 is 8.96 Å². The molecule has 0 unspecified atom stereocenters. The third-order valence-corrected chi connectivity index (χ3v) is 3.69. The van der Waals surface area contributed by atoms with Gasteiger partial charge >= 0.3 is 0 Å². The maximum Gasteiger partial charge on any atom is 0.102 e. The summed E-state index contributed by atoms with van der Waals surface area (Å²) in [4.78, 5) is 3.60. The first kappa shape index (κ1) is 14.2. The maximum atomic E-state index is 3.60. The van der Waals surface area contributed by atoms with E-state index in [9.17, 15) is 0 Å². The van der Waals surface area contributed by atoms with Crippen LogP contribution in [0.3, 0.4) is 0 Å². The topological polar surface area (TPSA) is 12.0 Å². The van der Waals surface area contributed by atoms with Gasteiger partial charge in [-0.15, -0.1) is 0 Å². The van der Waals surface area contributed by atoms with Crippen LogP contribution in [0.5, 0.6) is 0 Å². The monoisotopic (exact) mass is 215 g/mol. The van der Waals surface area contributed by atoms with E-state index in [4.69, 9.17) is 0 Å². The first-order valence-electron chi connectivity index (χ1n) is 6.50. The van der Waals surface area contributed by atoms with E-state index in [1.165, 1.54) is 57.9 Å². The summed E-state index contributed by atoms with van der Waals surface area (Å²) in [6.07, 6.45) is 11.4. The molecule has 86 valence electrons. The van der Waals surface area contributed by atoms with E-state index in [2.05, 4.69) is 25.0 Å². The zero-order valence-corrected chi connectivity index (χ0v) is 11.6. The molecule has 0 spiro atoms. The van der Waals surface area contributed by atoms with Gasteiger partial charge in [-0.1, -0.05) is 65.0 Å². The van der Waals surface area contributed by atoms with Crippen molar-refractivity contribution in [2.75, 3.05) is 6.54 Å². The van der Waals surface area contributed by atoms with Crippen LogP contribution in [-0.2, 0) is 0 Å². The molecule has 0 atom stereocenters. The highest BCUT2D eigenvalue weighted by atomic mass is 28.3. The van der Waals surface area contributed by atoms with Crippen LogP contribution in [-0.4, -0.2) is 15.5 Å². The molecule has 0 fully saturated rings. The van der Waals surface area contributed by atoms with E-state index in [1.807, 2.05) is 0 Å². The molecular weight excluding hydrogens is 186 g/mol. The Hall–Kier alpha value is 0.177. The number of hydrogen-bond donors (Lipinski definition) is 1. The van der Waals surface area contributed by atoms with Crippen LogP contribution in [0.25, 0.3) is 0 Å². The smallest absolute Gasteiger partial charge is 0.102 e. The van der Waals surface area contributed by atoms with Crippen molar-refractivity contribution in [2.45, 2.75) is 71.4 Å². The first-order valence-corrected chi connectivity index (χ1v) is 9.39. The van der Waals surface area contributed by atoms with Crippen molar-refractivity contribution in [3.8, 4) is 0 Å². The Labute approximate surface area is 92.4 Å². The van der Waals surface area contributed by atoms with Crippen LogP contribution in [0.4, 0.5) is 0 Å². The Kier molecular flexibility index (Phi) is 11.4. The van der Waals surface area contributed by atoms with Gasteiger partial charge in [-0.2, -0.15) is 0 Å². The molecule has 2 heteroatoms. The molecule has 0 aliphatic rings. The number of hydrogen-bond acceptors (Lipinski definition) is 1. The molecule has 0 amide bonds. The Balaban J connectivity index is 2.85. The molecule has 0 radical (unpaired) electrons. The minimum Gasteiger partial charge on any atom is -0.340 e. The van der Waals surface area contributed by atoms with Crippen molar-refractivity contribution in [1.82, 2.24) is 4.98 Å². The van der Waals surface area contributed by atoms with E-state index in [1.54, 1.807) is 0 Å². The van der Waals surface area contributed by atoms with E-state index in [0.717, 1.165) is 0 Å². The van der Waals surface area contributed by atoms with Crippen LogP contribution >= 0.6 is 0 Å². The first-order chi connectivity index (χ1) is 6.77. The SMILES string of the molecule is CCCCCCCCCCN[SiH](C)C. The highest BCUT2D eigenvalue weighted by Crippen LogP contribution is 2.07. The Bertz CT molecular complexity index is 104. The van der Waals surface area contributed by atoms with Gasteiger partial charge in [-0.05, 0) is 13.0 Å². The summed E-state index contributed by atoms with van der Waals surface area (Å²) in [5.74, 6) is 0. The molecule has 0 saturated carbocycles. The molecule has 0 aromatic heterocycles. The van der Waals surface area contributed by atoms with E-state index in [0.29, 0.717) is 0 Å². The minimum absolute atomic E-state index is 0.495. The van der Waals surface area contributed by atoms with Crippen LogP contribution < -0.4 is 4.98 Å². The van der Waals surface area contributed by atoms with E-state index >= 15 is 0 Å². The number of nitrogens with one attached hydrogen (secondary N) is 1. The lowest BCUT2D eigenvalue weighted by atomic mass is 10.1. The van der Waals surface area contributed by atoms with Gasteiger partial charge in [0.1, 0.15) is 8.96 Å². The standard InChI is InChI=1S/C12H29NSi/c1-4-5-6-7-8-9-10-11-12-13-14(2)3/h13-14H,4-12H2,1-3H3. The summed E-state index contributed by atoms with van der Waals surface area (Å²) in [5, 5.41) is 0. The van der Waals surface area contributed by atoms with Crippen LogP contribution in [0.15, 0.2) is 0 Å². The molecule has 0 bridgehead atoms. The second-order valence-corrected chi connectivity index (χ2v) is 7.30. The highest BCUT2D eigenvalue weighted by molar-refractivity contribution is 6.52. The molecule has 0 aromatic rings. The molecule has 1 N–H and O–H groups in total. The quantitative estimate of drug-likeness (QED) is 0.433. The van der Waals surface area contributed by atoms with Crippen molar-refractivity contribution in [1.29, 1.82) is 0 Å². The van der Waals surface area contributed by atoms with Crippen molar-refractivity contribution in [2.24, 2.45) is 0 Å². The summed E-state index contributed by atoms with van der Waals surface area (Å²) in [6.45, 7) is 8.25. The van der Waals surface area contributed by atoms with Gasteiger partial charge in [0.2, 0.25) is 0 Å². The fraction of sp³-hybridized carbons (Fsp3) is 1.00. The average molecular weight is 215 g/mol. The van der Waals surface area contributed by atoms with Gasteiger partial charge in [0.25, 0.3) is 0 Å². The molecule has 0 aliphatic carbocycles. The van der Waals surface area contributed by atoms with Crippen LogP contribution in [0, 0.1) is 0 Å². The predicted molar refractivity (Wildman–Crippen MR) is 69.5 cm³/mol. The van der Waals surface area contributed by atoms with Crippen molar-refractivity contribution in [3.05, 3.63) is 0 Å². The lowest BCUT2D eigenvalue weighted by Crippen LogP contribution is -2.27. The normalized spacial score (nSPS) is 11.1. The third-order valence-electron chi connectivity index (χ3n) is 2.58. The Morgan fingerprint density at radius 3 is 1.79 bits per heavy atom. The lowest BCUT2D eigenvalue weighted by molar-refractivity contribution is 0.573. The van der Waals surface area contributed by atoms with Gasteiger partial charge in [0.05, 0.1) is 0 Å². The summed E-state index contributed by atoms with van der Waals surface area (Å²) >= 11 is 0. The third kappa shape index (κ3) is 12.2. The number of unbranched alkanes of at least 4 members (excludes halogenated alkanes) is 7. The van der Waals surface area contributed by atoms with Gasteiger partial charge in [0, 0.05) is 0 Å². The predicted octanol–water partition coefficient (Wildman–Crippen LogP) is 3.70. The van der Waals surface area contributed by atoms with E-state index < -0.39 is 8.96 Å². The summed E-state index contributed by atoms with van der Waals surface area (Å²) in [7, 11) is -0.495. The largest absolute Gasteiger partial charge is 0.340 e. The fourth-order valence-electron chi connectivity index (χ4n) is 1.65. The molecule has 0 heterocycles. The Morgan fingerprint density at radius 1 is 0.786 bits per heavy atom. The molecule has 0 rings (SSSR count). The van der Waals surface area contributed by atoms with Gasteiger partial charge in [0.15, 0.2) is 0 Å². The van der Waals surface area contributed by atoms with Gasteiger partial charge in [-0.25, -0.2) is 0 Å². The zero-order chi connectivity index (χ0) is 10.6. The van der Waals surface area contributed by atoms with Crippen LogP contribution in [0.2, 0.25) is 13.1 Å². The second kappa shape index (κ2) is 11.3. The molecule has 14 heavy (non-hydrogen) atoms. The number of rotatable bonds is 10. The molecule has 0 aliphatic heterocycles. The van der Waals surface area contributed by atoms with Gasteiger partial charge < -0.3 is 4.98 Å². The molecule has 1 nitrogen and oxygen atoms in total. The second-order valence-electron chi connectivity index (χ2n) is 4.58. The zero-order valence-electron chi connectivity index (χ0n) is 10.4. The van der Waals surface area contributed by atoms with Gasteiger partial charge in [-0.3, -0.25) is 0 Å². The molecule has 0 saturated heterocycles. The molecular formula is C12H29NSi. The summed E-state index contributed by atoms with van der Waals surface area (Å²) < 4.78 is 0. The minimum atomic E-state index is -0.495. The molecule has 0 aromatic carbocycles. The van der Waals surface area contributed by atoms with Crippen molar-refractivity contribution in [3.63, 3.8) is 0 Å². The Morgan fingerprint density at radius 2 is 1.29 bits per heavy atom. The highest BCUT2D eigenvalue weighted by Gasteiger charge is 1.94.